The van der Waals surface area contributed by atoms with Crippen LogP contribution >= 0.6 is 0 Å². The third-order valence-electron chi connectivity index (χ3n) is 5.29. The van der Waals surface area contributed by atoms with E-state index in [1.165, 1.54) is 30.9 Å². The number of nitrogens with one attached hydrogen (secondary N) is 1. The first-order valence-corrected chi connectivity index (χ1v) is 11.1. The Morgan fingerprint density at radius 2 is 1.74 bits per heavy atom. The monoisotopic (exact) mass is 494 g/mol. The summed E-state index contributed by atoms with van der Waals surface area (Å²) < 4.78 is 43.8. The van der Waals surface area contributed by atoms with E-state index in [1.807, 2.05) is 19.9 Å². The normalized spacial score (nSPS) is 11.6. The average molecular weight is 495 g/mol. The van der Waals surface area contributed by atoms with Gasteiger partial charge >= 0.3 is 18.2 Å². The third kappa shape index (κ3) is 7.73. The fourth-order valence-electron chi connectivity index (χ4n) is 3.24. The summed E-state index contributed by atoms with van der Waals surface area (Å²) in [5.74, 6) is -0.295. The number of rotatable bonds is 9. The molecule has 0 fully saturated rings. The minimum absolute atomic E-state index is 0.229. The number of aliphatic carboxylic acids is 1. The van der Waals surface area contributed by atoms with Crippen molar-refractivity contribution in [2.75, 3.05) is 11.9 Å². The summed E-state index contributed by atoms with van der Waals surface area (Å²) in [7, 11) is 0. The maximum Gasteiger partial charge on any atom is 0.416 e. The number of alkyl halides is 3. The van der Waals surface area contributed by atoms with Crippen molar-refractivity contribution >= 4 is 23.5 Å². The lowest BCUT2D eigenvalue weighted by atomic mass is 10.0. The average Bonchev–Trinajstić information content (AvgIpc) is 2.77. The molecule has 0 heterocycles. The minimum atomic E-state index is -4.45. The van der Waals surface area contributed by atoms with Crippen molar-refractivity contribution < 1.29 is 38.0 Å². The number of carbonyl (C=O) groups excluding carboxylic acids is 1. The van der Waals surface area contributed by atoms with E-state index < -0.39 is 29.3 Å². The van der Waals surface area contributed by atoms with Crippen LogP contribution in [0.25, 0.3) is 0 Å². The molecule has 0 unspecified atom stereocenters. The molecule has 35 heavy (non-hydrogen) atoms. The van der Waals surface area contributed by atoms with Gasteiger partial charge in [-0.2, -0.15) is 18.1 Å². The number of hydrogen-bond acceptors (Lipinski definition) is 3. The Hall–Kier alpha value is -3.56. The number of anilines is 1. The zero-order chi connectivity index (χ0) is 26.4. The van der Waals surface area contributed by atoms with Gasteiger partial charge in [-0.25, -0.2) is 9.59 Å². The maximum atomic E-state index is 12.8. The largest absolute Gasteiger partial charge is 0.478 e. The van der Waals surface area contributed by atoms with Crippen LogP contribution in [0, 0.1) is 6.92 Å². The Balaban J connectivity index is 2.03. The Morgan fingerprint density at radius 1 is 1.11 bits per heavy atom. The lowest BCUT2D eigenvalue weighted by Crippen LogP contribution is -2.54. The molecule has 2 aromatic carbocycles. The summed E-state index contributed by atoms with van der Waals surface area (Å²) >= 11 is 0. The quantitative estimate of drug-likeness (QED) is 0.357. The van der Waals surface area contributed by atoms with Crippen molar-refractivity contribution in [1.29, 1.82) is 0 Å². The van der Waals surface area contributed by atoms with Gasteiger partial charge in [-0.1, -0.05) is 19.1 Å². The van der Waals surface area contributed by atoms with E-state index in [9.17, 15) is 27.9 Å². The van der Waals surface area contributed by atoms with Crippen LogP contribution in [0.3, 0.4) is 0 Å². The van der Waals surface area contributed by atoms with Gasteiger partial charge in [-0.15, -0.1) is 0 Å². The van der Waals surface area contributed by atoms with Crippen molar-refractivity contribution in [2.24, 2.45) is 0 Å². The highest BCUT2D eigenvalue weighted by molar-refractivity contribution is 6.01. The summed E-state index contributed by atoms with van der Waals surface area (Å²) in [4.78, 5) is 25.4. The van der Waals surface area contributed by atoms with Crippen LogP contribution in [0.4, 0.5) is 23.7 Å². The number of hydrogen-bond donors (Lipinski definition) is 3. The number of amidine groups is 1. The molecule has 0 aliphatic carbocycles. The zero-order valence-electron chi connectivity index (χ0n) is 20.2. The Labute approximate surface area is 202 Å². The fourth-order valence-corrected chi connectivity index (χ4v) is 3.24. The van der Waals surface area contributed by atoms with Crippen LogP contribution in [-0.4, -0.2) is 40.0 Å². The summed E-state index contributed by atoms with van der Waals surface area (Å²) in [6.07, 6.45) is -2.94. The SMILES string of the molecule is CCCN(C(=[NH2+])CCc1ccc(OC(C)(C)C(=O)O)c(C)c1)C(=O)Nc1ccc(C(F)(F)F)cc1. The van der Waals surface area contributed by atoms with E-state index >= 15 is 0 Å². The number of halogens is 3. The second kappa shape index (κ2) is 11.2. The smallest absolute Gasteiger partial charge is 0.416 e. The fraction of sp³-hybridized carbons (Fsp3) is 0.400. The topological polar surface area (TPSA) is 104 Å². The van der Waals surface area contributed by atoms with Crippen molar-refractivity contribution in [3.63, 3.8) is 0 Å². The van der Waals surface area contributed by atoms with E-state index in [2.05, 4.69) is 5.32 Å². The van der Waals surface area contributed by atoms with Gasteiger partial charge in [0.05, 0.1) is 18.5 Å². The third-order valence-corrected chi connectivity index (χ3v) is 5.29. The number of amides is 2. The highest BCUT2D eigenvalue weighted by Crippen LogP contribution is 2.30. The Morgan fingerprint density at radius 3 is 2.26 bits per heavy atom. The minimum Gasteiger partial charge on any atom is -0.478 e. The first-order chi connectivity index (χ1) is 16.2. The first-order valence-electron chi connectivity index (χ1n) is 11.1. The number of nitrogens with two attached hydrogens (primary N) is 1. The van der Waals surface area contributed by atoms with Gasteiger partial charge in [0.15, 0.2) is 5.60 Å². The van der Waals surface area contributed by atoms with Gasteiger partial charge < -0.3 is 9.84 Å². The van der Waals surface area contributed by atoms with Crippen LogP contribution < -0.4 is 15.5 Å². The van der Waals surface area contributed by atoms with Gasteiger partial charge in [0.25, 0.3) is 5.84 Å². The summed E-state index contributed by atoms with van der Waals surface area (Å²) in [5.41, 5.74) is -0.255. The highest BCUT2D eigenvalue weighted by Gasteiger charge is 2.31. The molecule has 7 nitrogen and oxygen atoms in total. The molecule has 0 bridgehead atoms. The maximum absolute atomic E-state index is 12.8. The molecule has 10 heteroatoms. The van der Waals surface area contributed by atoms with Gasteiger partial charge in [0, 0.05) is 5.69 Å². The van der Waals surface area contributed by atoms with Crippen LogP contribution in [0.1, 0.15) is 50.3 Å². The van der Waals surface area contributed by atoms with Crippen molar-refractivity contribution in [2.45, 2.75) is 58.7 Å². The summed E-state index contributed by atoms with van der Waals surface area (Å²) in [5, 5.41) is 18.0. The molecule has 2 amide bonds. The first kappa shape index (κ1) is 27.7. The molecule has 190 valence electrons. The van der Waals surface area contributed by atoms with Gasteiger partial charge in [-0.3, -0.25) is 10.7 Å². The van der Waals surface area contributed by atoms with Gasteiger partial charge in [-0.05, 0) is 75.1 Å². The van der Waals surface area contributed by atoms with Crippen molar-refractivity contribution in [3.05, 3.63) is 59.2 Å². The second-order valence-electron chi connectivity index (χ2n) is 8.67. The number of benzene rings is 2. The van der Waals surface area contributed by atoms with Crippen LogP contribution in [0.5, 0.6) is 5.75 Å². The Bertz CT molecular complexity index is 1070. The zero-order valence-corrected chi connectivity index (χ0v) is 20.2. The number of aryl methyl sites for hydroxylation is 2. The number of urea groups is 1. The van der Waals surface area contributed by atoms with Crippen molar-refractivity contribution in [1.82, 2.24) is 4.90 Å². The predicted octanol–water partition coefficient (Wildman–Crippen LogP) is 4.29. The molecular formula is C25H31F3N3O4+. The van der Waals surface area contributed by atoms with Crippen molar-refractivity contribution in [3.8, 4) is 5.75 Å². The molecule has 0 radical (unpaired) electrons. The van der Waals surface area contributed by atoms with Crippen LogP contribution in [-0.2, 0) is 17.4 Å². The highest BCUT2D eigenvalue weighted by atomic mass is 19.4. The van der Waals surface area contributed by atoms with E-state index in [4.69, 9.17) is 10.1 Å². The number of nitrogens with zero attached hydrogens (tertiary/aromatic N) is 1. The molecule has 0 aliphatic heterocycles. The summed E-state index contributed by atoms with van der Waals surface area (Å²) in [6, 6.07) is 9.04. The molecule has 0 spiro atoms. The van der Waals surface area contributed by atoms with E-state index in [0.717, 1.165) is 23.3 Å². The molecule has 0 aliphatic rings. The summed E-state index contributed by atoms with van der Waals surface area (Å²) in [6.45, 7) is 6.97. The van der Waals surface area contributed by atoms with E-state index in [1.54, 1.807) is 12.1 Å². The van der Waals surface area contributed by atoms with Gasteiger partial charge in [0.1, 0.15) is 5.75 Å². The molecule has 0 aromatic heterocycles. The second-order valence-corrected chi connectivity index (χ2v) is 8.67. The predicted molar refractivity (Wildman–Crippen MR) is 126 cm³/mol. The molecule has 2 aromatic rings. The molecule has 0 atom stereocenters. The molecule has 4 N–H and O–H groups in total. The van der Waals surface area contributed by atoms with Crippen LogP contribution in [0.15, 0.2) is 42.5 Å². The van der Waals surface area contributed by atoms with E-state index in [-0.39, 0.29) is 5.69 Å². The number of carbonyl (C=O) groups is 2. The number of carboxylic acid groups (broad SMARTS) is 1. The Kier molecular flexibility index (Phi) is 8.89. The number of ether oxygens (including phenoxy) is 1. The molecule has 2 rings (SSSR count). The van der Waals surface area contributed by atoms with E-state index in [0.29, 0.717) is 37.4 Å². The number of carboxylic acids is 1. The standard InChI is InChI=1S/C25H30F3N3O4/c1-5-14-31(23(34)30-19-10-8-18(9-11-19)25(26,27)28)21(29)13-7-17-6-12-20(16(2)15-17)35-24(3,4)22(32)33/h6,8-12,15,29H,5,7,13-14H2,1-4H3,(H,30,34)(H,32,33)/p+1. The lowest BCUT2D eigenvalue weighted by molar-refractivity contribution is -0.152. The molecular weight excluding hydrogens is 463 g/mol. The molecule has 0 saturated heterocycles. The lowest BCUT2D eigenvalue weighted by Gasteiger charge is -2.23. The molecule has 0 saturated carbocycles. The van der Waals surface area contributed by atoms with Crippen LogP contribution in [0.2, 0.25) is 0 Å². The van der Waals surface area contributed by atoms with Gasteiger partial charge in [0.2, 0.25) is 0 Å².